The molecule has 0 spiro atoms. The van der Waals surface area contributed by atoms with Crippen molar-refractivity contribution in [2.45, 2.75) is 38.5 Å². The molecule has 60 valence electrons. The summed E-state index contributed by atoms with van der Waals surface area (Å²) in [6.45, 7) is 0. The predicted molar refractivity (Wildman–Crippen MR) is 45.0 cm³/mol. The maximum atomic E-state index is 10.8. The topological polar surface area (TPSA) is 17.1 Å². The lowest BCUT2D eigenvalue weighted by Gasteiger charge is -2.04. The number of hydrogen-bond acceptors (Lipinski definition) is 1. The van der Waals surface area contributed by atoms with E-state index in [1.54, 1.807) is 0 Å². The maximum Gasteiger partial charge on any atom is 0.133 e. The van der Waals surface area contributed by atoms with Crippen molar-refractivity contribution in [2.24, 2.45) is 5.92 Å². The predicted octanol–water partition coefficient (Wildman–Crippen LogP) is 2.16. The fraction of sp³-hybridized carbons (Fsp3) is 0.700. The van der Waals surface area contributed by atoms with Crippen molar-refractivity contribution < 1.29 is 4.79 Å². The first-order chi connectivity index (χ1) is 5.33. The number of Topliss-reactive ketones (excluding diaryl/α,β-unsaturated/α-hetero) is 1. The van der Waals surface area contributed by atoms with Gasteiger partial charge in [0.05, 0.1) is 0 Å². The number of terminal acetylenes is 1. The molecule has 0 aromatic heterocycles. The van der Waals surface area contributed by atoms with E-state index in [1.165, 1.54) is 0 Å². The summed E-state index contributed by atoms with van der Waals surface area (Å²) in [6, 6.07) is 0. The number of rotatable bonds is 3. The molecule has 0 saturated heterocycles. The highest BCUT2D eigenvalue weighted by Gasteiger charge is 2.20. The third-order valence-electron chi connectivity index (χ3n) is 2.28. The zero-order valence-corrected chi connectivity index (χ0v) is 6.81. The zero-order valence-electron chi connectivity index (χ0n) is 6.81. The molecule has 1 rings (SSSR count). The highest BCUT2D eigenvalue weighted by atomic mass is 16.1. The number of ketones is 1. The molecule has 0 heterocycles. The molecule has 1 atom stereocenters. The molecule has 11 heavy (non-hydrogen) atoms. The summed E-state index contributed by atoms with van der Waals surface area (Å²) in [4.78, 5) is 10.8. The highest BCUT2D eigenvalue weighted by Crippen LogP contribution is 2.26. The van der Waals surface area contributed by atoms with Gasteiger partial charge in [0.1, 0.15) is 5.78 Å². The van der Waals surface area contributed by atoms with Gasteiger partial charge in [-0.05, 0) is 25.2 Å². The Morgan fingerprint density at radius 2 is 2.45 bits per heavy atom. The maximum absolute atomic E-state index is 10.8. The van der Waals surface area contributed by atoms with Crippen LogP contribution >= 0.6 is 0 Å². The standard InChI is InChI=1S/C10H14O/c1-2-3-4-5-9-6-7-10(11)8-9/h1,9H,3-8H2. The molecule has 0 aromatic carbocycles. The van der Waals surface area contributed by atoms with Crippen molar-refractivity contribution in [2.75, 3.05) is 0 Å². The Morgan fingerprint density at radius 3 is 3.00 bits per heavy atom. The minimum Gasteiger partial charge on any atom is -0.300 e. The van der Waals surface area contributed by atoms with Gasteiger partial charge in [-0.25, -0.2) is 0 Å². The van der Waals surface area contributed by atoms with Crippen LogP contribution in [0.1, 0.15) is 38.5 Å². The monoisotopic (exact) mass is 150 g/mol. The van der Waals surface area contributed by atoms with Gasteiger partial charge in [-0.2, -0.15) is 0 Å². The fourth-order valence-corrected chi connectivity index (χ4v) is 1.63. The molecule has 1 heteroatoms. The molecule has 0 radical (unpaired) electrons. The summed E-state index contributed by atoms with van der Waals surface area (Å²) < 4.78 is 0. The van der Waals surface area contributed by atoms with Crippen molar-refractivity contribution in [1.82, 2.24) is 0 Å². The van der Waals surface area contributed by atoms with Crippen LogP contribution in [0.5, 0.6) is 0 Å². The quantitative estimate of drug-likeness (QED) is 0.445. The van der Waals surface area contributed by atoms with Gasteiger partial charge in [0.2, 0.25) is 0 Å². The molecule has 0 bridgehead atoms. The van der Waals surface area contributed by atoms with Crippen molar-refractivity contribution in [1.29, 1.82) is 0 Å². The summed E-state index contributed by atoms with van der Waals surface area (Å²) >= 11 is 0. The highest BCUT2D eigenvalue weighted by molar-refractivity contribution is 5.80. The molecule has 0 aromatic rings. The van der Waals surface area contributed by atoms with Crippen molar-refractivity contribution in [3.05, 3.63) is 0 Å². The summed E-state index contributed by atoms with van der Waals surface area (Å²) in [7, 11) is 0. The van der Waals surface area contributed by atoms with Crippen LogP contribution in [0.4, 0.5) is 0 Å². The molecule has 1 unspecified atom stereocenters. The third kappa shape index (κ3) is 2.76. The van der Waals surface area contributed by atoms with Gasteiger partial charge in [-0.15, -0.1) is 12.3 Å². The van der Waals surface area contributed by atoms with Crippen LogP contribution in [0.15, 0.2) is 0 Å². The number of hydrogen-bond donors (Lipinski definition) is 0. The second kappa shape index (κ2) is 4.18. The first-order valence-corrected chi connectivity index (χ1v) is 4.28. The normalized spacial score (nSPS) is 23.5. The van der Waals surface area contributed by atoms with Gasteiger partial charge in [0.15, 0.2) is 0 Å². The third-order valence-corrected chi connectivity index (χ3v) is 2.28. The first kappa shape index (κ1) is 8.33. The minimum atomic E-state index is 0.440. The van der Waals surface area contributed by atoms with Crippen LogP contribution in [-0.2, 0) is 4.79 Å². The summed E-state index contributed by atoms with van der Waals surface area (Å²) in [5.41, 5.74) is 0. The second-order valence-corrected chi connectivity index (χ2v) is 3.24. The van der Waals surface area contributed by atoms with Gasteiger partial charge in [0.25, 0.3) is 0 Å². The number of carbonyl (C=O) groups excluding carboxylic acids is 1. The molecule has 1 fully saturated rings. The number of carbonyl (C=O) groups is 1. The molecule has 0 aliphatic heterocycles. The van der Waals surface area contributed by atoms with Crippen LogP contribution in [0.2, 0.25) is 0 Å². The first-order valence-electron chi connectivity index (χ1n) is 4.28. The van der Waals surface area contributed by atoms with Crippen LogP contribution < -0.4 is 0 Å². The van der Waals surface area contributed by atoms with Crippen molar-refractivity contribution >= 4 is 5.78 Å². The Balaban J connectivity index is 2.09. The summed E-state index contributed by atoms with van der Waals surface area (Å²) in [6.07, 6.45) is 10.9. The molecule has 1 aliphatic rings. The number of unbranched alkanes of at least 4 members (excludes halogenated alkanes) is 1. The van der Waals surface area contributed by atoms with Gasteiger partial charge in [-0.3, -0.25) is 4.79 Å². The molecule has 0 amide bonds. The summed E-state index contributed by atoms with van der Waals surface area (Å²) in [5, 5.41) is 0. The molecule has 1 saturated carbocycles. The Morgan fingerprint density at radius 1 is 1.64 bits per heavy atom. The van der Waals surface area contributed by atoms with E-state index in [9.17, 15) is 4.79 Å². The molecular formula is C10H14O. The van der Waals surface area contributed by atoms with E-state index < -0.39 is 0 Å². The van der Waals surface area contributed by atoms with Crippen LogP contribution in [0.25, 0.3) is 0 Å². The molecule has 0 N–H and O–H groups in total. The molecular weight excluding hydrogens is 136 g/mol. The Kier molecular flexibility index (Phi) is 3.16. The van der Waals surface area contributed by atoms with Crippen LogP contribution in [-0.4, -0.2) is 5.78 Å². The van der Waals surface area contributed by atoms with E-state index in [4.69, 9.17) is 6.42 Å². The second-order valence-electron chi connectivity index (χ2n) is 3.24. The molecule has 1 nitrogen and oxygen atoms in total. The fourth-order valence-electron chi connectivity index (χ4n) is 1.63. The van der Waals surface area contributed by atoms with E-state index in [0.717, 1.165) is 38.5 Å². The van der Waals surface area contributed by atoms with Crippen molar-refractivity contribution in [3.8, 4) is 12.3 Å². The van der Waals surface area contributed by atoms with E-state index in [-0.39, 0.29) is 0 Å². The van der Waals surface area contributed by atoms with Gasteiger partial charge in [0, 0.05) is 19.3 Å². The van der Waals surface area contributed by atoms with Crippen molar-refractivity contribution in [3.63, 3.8) is 0 Å². The van der Waals surface area contributed by atoms with Crippen LogP contribution in [0.3, 0.4) is 0 Å². The Hall–Kier alpha value is -0.770. The smallest absolute Gasteiger partial charge is 0.133 e. The lowest BCUT2D eigenvalue weighted by Crippen LogP contribution is -1.94. The largest absolute Gasteiger partial charge is 0.300 e. The van der Waals surface area contributed by atoms with E-state index in [1.807, 2.05) is 0 Å². The van der Waals surface area contributed by atoms with E-state index >= 15 is 0 Å². The Bertz CT molecular complexity index is 176. The van der Waals surface area contributed by atoms with E-state index in [0.29, 0.717) is 11.7 Å². The van der Waals surface area contributed by atoms with Crippen LogP contribution in [0, 0.1) is 18.3 Å². The lowest BCUT2D eigenvalue weighted by molar-refractivity contribution is -0.117. The van der Waals surface area contributed by atoms with E-state index in [2.05, 4.69) is 5.92 Å². The average Bonchev–Trinajstić information content (AvgIpc) is 2.37. The lowest BCUT2D eigenvalue weighted by atomic mass is 10.0. The van der Waals surface area contributed by atoms with Gasteiger partial charge >= 0.3 is 0 Å². The Labute approximate surface area is 68.2 Å². The van der Waals surface area contributed by atoms with Gasteiger partial charge < -0.3 is 0 Å². The SMILES string of the molecule is C#CCCCC1CCC(=O)C1. The summed E-state index contributed by atoms with van der Waals surface area (Å²) in [5.74, 6) is 3.71. The average molecular weight is 150 g/mol. The molecule has 1 aliphatic carbocycles. The zero-order chi connectivity index (χ0) is 8.10. The van der Waals surface area contributed by atoms with Gasteiger partial charge in [-0.1, -0.05) is 0 Å². The minimum absolute atomic E-state index is 0.440.